The van der Waals surface area contributed by atoms with Crippen molar-refractivity contribution in [3.63, 3.8) is 0 Å². The lowest BCUT2D eigenvalue weighted by molar-refractivity contribution is -0.224. The highest BCUT2D eigenvalue weighted by atomic mass is 16.6. The van der Waals surface area contributed by atoms with E-state index in [2.05, 4.69) is 4.74 Å². The van der Waals surface area contributed by atoms with Gasteiger partial charge < -0.3 is 14.9 Å². The van der Waals surface area contributed by atoms with E-state index in [0.717, 1.165) is 0 Å². The number of hydrogen-bond donors (Lipinski definition) is 2. The molecule has 0 bridgehead atoms. The molecule has 0 aromatic heterocycles. The van der Waals surface area contributed by atoms with Crippen molar-refractivity contribution in [2.45, 2.75) is 32.5 Å². The van der Waals surface area contributed by atoms with Crippen LogP contribution in [0.1, 0.15) is 26.7 Å². The Bertz CT molecular complexity index is 126. The van der Waals surface area contributed by atoms with E-state index in [1.165, 1.54) is 0 Å². The lowest BCUT2D eigenvalue weighted by Crippen LogP contribution is -2.41. The molecule has 0 amide bonds. The molecule has 4 nitrogen and oxygen atoms in total. The molecule has 0 aromatic carbocycles. The Morgan fingerprint density at radius 2 is 2.09 bits per heavy atom. The molecule has 0 spiro atoms. The predicted molar refractivity (Wildman–Crippen MR) is 39.1 cm³/mol. The van der Waals surface area contributed by atoms with Crippen molar-refractivity contribution in [1.82, 2.24) is 0 Å². The van der Waals surface area contributed by atoms with Crippen LogP contribution in [0.4, 0.5) is 0 Å². The van der Waals surface area contributed by atoms with Crippen LogP contribution >= 0.6 is 0 Å². The highest BCUT2D eigenvalue weighted by Gasteiger charge is 2.35. The van der Waals surface area contributed by atoms with E-state index < -0.39 is 11.8 Å². The molecule has 1 unspecified atom stereocenters. The third-order valence-electron chi connectivity index (χ3n) is 1.31. The first kappa shape index (κ1) is 10.4. The zero-order valence-electron chi connectivity index (χ0n) is 6.83. The molecule has 4 heteroatoms. The molecule has 0 aliphatic heterocycles. The van der Waals surface area contributed by atoms with E-state index in [-0.39, 0.29) is 13.0 Å². The van der Waals surface area contributed by atoms with Gasteiger partial charge in [-0.25, -0.2) is 4.79 Å². The molecule has 2 N–H and O–H groups in total. The number of ether oxygens (including phenoxy) is 1. The third kappa shape index (κ3) is 2.86. The minimum atomic E-state index is -1.98. The zero-order valence-corrected chi connectivity index (χ0v) is 6.83. The quantitative estimate of drug-likeness (QED) is 0.581. The van der Waals surface area contributed by atoms with Gasteiger partial charge in [0.25, 0.3) is 5.79 Å². The smallest absolute Gasteiger partial charge is 0.364 e. The molecule has 0 aliphatic carbocycles. The molecule has 0 radical (unpaired) electrons. The van der Waals surface area contributed by atoms with Crippen LogP contribution in [-0.2, 0) is 9.53 Å². The van der Waals surface area contributed by atoms with Gasteiger partial charge in [0.05, 0.1) is 0 Å². The van der Waals surface area contributed by atoms with Crippen LogP contribution in [0.5, 0.6) is 0 Å². The van der Waals surface area contributed by atoms with Crippen molar-refractivity contribution >= 4 is 5.97 Å². The molecular weight excluding hydrogens is 148 g/mol. The van der Waals surface area contributed by atoms with E-state index in [9.17, 15) is 9.90 Å². The first-order valence-corrected chi connectivity index (χ1v) is 3.66. The van der Waals surface area contributed by atoms with Crippen LogP contribution in [0.2, 0.25) is 0 Å². The Morgan fingerprint density at radius 3 is 2.36 bits per heavy atom. The average molecular weight is 162 g/mol. The van der Waals surface area contributed by atoms with Crippen LogP contribution in [-0.4, -0.2) is 28.6 Å². The number of rotatable bonds is 5. The molecule has 0 aliphatic rings. The van der Waals surface area contributed by atoms with E-state index >= 15 is 0 Å². The van der Waals surface area contributed by atoms with E-state index in [1.807, 2.05) is 0 Å². The lowest BCUT2D eigenvalue weighted by atomic mass is 10.1. The van der Waals surface area contributed by atoms with Gasteiger partial charge in [0.15, 0.2) is 0 Å². The summed E-state index contributed by atoms with van der Waals surface area (Å²) >= 11 is 0. The van der Waals surface area contributed by atoms with Crippen LogP contribution < -0.4 is 0 Å². The second kappa shape index (κ2) is 4.31. The summed E-state index contributed by atoms with van der Waals surface area (Å²) in [6, 6.07) is 0. The van der Waals surface area contributed by atoms with E-state index in [4.69, 9.17) is 5.11 Å². The number of aliphatic hydroxyl groups is 1. The average Bonchev–Trinajstić information content (AvgIpc) is 1.88. The van der Waals surface area contributed by atoms with Crippen molar-refractivity contribution in [2.75, 3.05) is 6.61 Å². The molecular formula is C7H14O4. The standard InChI is InChI=1S/C7H14O4/c1-3-5-7(10,6(8)9)11-4-2/h10H,3-5H2,1-2H3,(H,8,9). The van der Waals surface area contributed by atoms with Crippen LogP contribution in [0.25, 0.3) is 0 Å². The highest BCUT2D eigenvalue weighted by molar-refractivity contribution is 5.75. The Kier molecular flexibility index (Phi) is 4.07. The zero-order chi connectivity index (χ0) is 8.91. The SMILES string of the molecule is CCCC(O)(OCC)C(=O)O. The van der Waals surface area contributed by atoms with Gasteiger partial charge >= 0.3 is 5.97 Å². The number of hydrogen-bond acceptors (Lipinski definition) is 3. The normalized spacial score (nSPS) is 15.9. The summed E-state index contributed by atoms with van der Waals surface area (Å²) in [5.74, 6) is -3.30. The Morgan fingerprint density at radius 1 is 1.55 bits per heavy atom. The van der Waals surface area contributed by atoms with Crippen LogP contribution in [0, 0.1) is 0 Å². The third-order valence-corrected chi connectivity index (χ3v) is 1.31. The molecule has 0 aromatic rings. The first-order valence-electron chi connectivity index (χ1n) is 3.66. The Labute approximate surface area is 65.8 Å². The molecule has 0 rings (SSSR count). The molecule has 11 heavy (non-hydrogen) atoms. The van der Waals surface area contributed by atoms with Crippen LogP contribution in [0.15, 0.2) is 0 Å². The molecule has 0 saturated carbocycles. The highest BCUT2D eigenvalue weighted by Crippen LogP contribution is 2.14. The lowest BCUT2D eigenvalue weighted by Gasteiger charge is -2.21. The van der Waals surface area contributed by atoms with Gasteiger partial charge in [-0.1, -0.05) is 13.3 Å². The monoisotopic (exact) mass is 162 g/mol. The second-order valence-electron chi connectivity index (χ2n) is 2.27. The fourth-order valence-corrected chi connectivity index (χ4v) is 0.818. The Balaban J connectivity index is 4.13. The molecule has 66 valence electrons. The van der Waals surface area contributed by atoms with Gasteiger partial charge in [0, 0.05) is 13.0 Å². The maximum atomic E-state index is 10.4. The van der Waals surface area contributed by atoms with Crippen molar-refractivity contribution < 1.29 is 19.7 Å². The van der Waals surface area contributed by atoms with Crippen molar-refractivity contribution in [3.8, 4) is 0 Å². The number of carboxylic acid groups (broad SMARTS) is 1. The molecule has 0 fully saturated rings. The molecule has 1 atom stereocenters. The van der Waals surface area contributed by atoms with E-state index in [0.29, 0.717) is 6.42 Å². The van der Waals surface area contributed by atoms with Gasteiger partial charge in [-0.2, -0.15) is 0 Å². The predicted octanol–water partition coefficient (Wildman–Crippen LogP) is 0.596. The summed E-state index contributed by atoms with van der Waals surface area (Å²) in [4.78, 5) is 10.4. The van der Waals surface area contributed by atoms with Gasteiger partial charge in [-0.3, -0.25) is 0 Å². The number of carboxylic acids is 1. The summed E-state index contributed by atoms with van der Waals surface area (Å²) in [5.41, 5.74) is 0. The molecule has 0 saturated heterocycles. The largest absolute Gasteiger partial charge is 0.477 e. The van der Waals surface area contributed by atoms with Gasteiger partial charge in [-0.15, -0.1) is 0 Å². The summed E-state index contributed by atoms with van der Waals surface area (Å²) in [6.07, 6.45) is 0.693. The van der Waals surface area contributed by atoms with E-state index in [1.54, 1.807) is 13.8 Å². The van der Waals surface area contributed by atoms with Gasteiger partial charge in [-0.05, 0) is 6.92 Å². The fraction of sp³-hybridized carbons (Fsp3) is 0.857. The summed E-state index contributed by atoms with van der Waals surface area (Å²) in [6.45, 7) is 3.62. The maximum absolute atomic E-state index is 10.4. The fourth-order valence-electron chi connectivity index (χ4n) is 0.818. The molecule has 0 heterocycles. The van der Waals surface area contributed by atoms with Gasteiger partial charge in [0.1, 0.15) is 0 Å². The minimum absolute atomic E-state index is 0.121. The first-order chi connectivity index (χ1) is 5.06. The van der Waals surface area contributed by atoms with Crippen molar-refractivity contribution in [1.29, 1.82) is 0 Å². The maximum Gasteiger partial charge on any atom is 0.364 e. The van der Waals surface area contributed by atoms with Gasteiger partial charge in [0.2, 0.25) is 0 Å². The van der Waals surface area contributed by atoms with Crippen molar-refractivity contribution in [2.24, 2.45) is 0 Å². The topological polar surface area (TPSA) is 66.8 Å². The summed E-state index contributed by atoms with van der Waals surface area (Å²) < 4.78 is 4.69. The Hall–Kier alpha value is -0.610. The summed E-state index contributed by atoms with van der Waals surface area (Å²) in [5, 5.41) is 17.8. The van der Waals surface area contributed by atoms with Crippen molar-refractivity contribution in [3.05, 3.63) is 0 Å². The second-order valence-corrected chi connectivity index (χ2v) is 2.27. The number of carbonyl (C=O) groups is 1. The minimum Gasteiger partial charge on any atom is -0.477 e. The van der Waals surface area contributed by atoms with Crippen LogP contribution in [0.3, 0.4) is 0 Å². The number of aliphatic carboxylic acids is 1. The summed E-state index contributed by atoms with van der Waals surface area (Å²) in [7, 11) is 0.